The zero-order valence-electron chi connectivity index (χ0n) is 9.74. The van der Waals surface area contributed by atoms with Crippen LogP contribution in [0.25, 0.3) is 10.6 Å². The first kappa shape index (κ1) is 12.7. The van der Waals surface area contributed by atoms with Crippen LogP contribution in [0.5, 0.6) is 0 Å². The zero-order valence-corrected chi connectivity index (χ0v) is 12.1. The summed E-state index contributed by atoms with van der Waals surface area (Å²) in [5.41, 5.74) is 1.17. The second kappa shape index (κ2) is 6.28. The molecule has 0 spiro atoms. The summed E-state index contributed by atoms with van der Waals surface area (Å²) in [6, 6.07) is 8.26. The van der Waals surface area contributed by atoms with Gasteiger partial charge >= 0.3 is 0 Å². The van der Waals surface area contributed by atoms with Gasteiger partial charge in [-0.2, -0.15) is 0 Å². The van der Waals surface area contributed by atoms with Crippen LogP contribution in [0.4, 0.5) is 0 Å². The average molecular weight is 311 g/mol. The largest absolute Gasteiger partial charge is 0.312 e. The molecule has 0 bridgehead atoms. The molecule has 2 rings (SSSR count). The number of benzene rings is 1. The van der Waals surface area contributed by atoms with Crippen LogP contribution in [0.1, 0.15) is 18.2 Å². The van der Waals surface area contributed by atoms with Crippen LogP contribution >= 0.6 is 27.3 Å². The molecule has 17 heavy (non-hydrogen) atoms. The third-order valence-corrected chi connectivity index (χ3v) is 3.89. The highest BCUT2D eigenvalue weighted by atomic mass is 79.9. The van der Waals surface area contributed by atoms with Crippen LogP contribution < -0.4 is 5.32 Å². The third-order valence-electron chi connectivity index (χ3n) is 2.35. The summed E-state index contributed by atoms with van der Waals surface area (Å²) in [6.07, 6.45) is 3.13. The second-order valence-electron chi connectivity index (χ2n) is 3.82. The van der Waals surface area contributed by atoms with Gasteiger partial charge in [-0.1, -0.05) is 35.0 Å². The summed E-state index contributed by atoms with van der Waals surface area (Å²) in [4.78, 5) is 5.75. The lowest BCUT2D eigenvalue weighted by molar-refractivity contribution is 0.681. The third kappa shape index (κ3) is 3.63. The van der Waals surface area contributed by atoms with Gasteiger partial charge in [-0.05, 0) is 25.1 Å². The minimum absolute atomic E-state index is 0.916. The molecule has 0 aliphatic carbocycles. The molecule has 0 unspecified atom stereocenters. The van der Waals surface area contributed by atoms with Crippen LogP contribution in [0.15, 0.2) is 34.9 Å². The molecule has 0 aliphatic heterocycles. The first-order chi connectivity index (χ1) is 8.29. The number of thiazole rings is 1. The van der Waals surface area contributed by atoms with Gasteiger partial charge in [0.1, 0.15) is 5.01 Å². The number of hydrogen-bond acceptors (Lipinski definition) is 3. The predicted octanol–water partition coefficient (Wildman–Crippen LogP) is 4.07. The fourth-order valence-electron chi connectivity index (χ4n) is 1.53. The topological polar surface area (TPSA) is 24.9 Å². The molecular weight excluding hydrogens is 296 g/mol. The Labute approximate surface area is 114 Å². The number of hydrogen-bond donors (Lipinski definition) is 1. The molecule has 2 aromatic rings. The molecule has 0 fully saturated rings. The van der Waals surface area contributed by atoms with Crippen molar-refractivity contribution in [3.63, 3.8) is 0 Å². The van der Waals surface area contributed by atoms with Gasteiger partial charge in [0.2, 0.25) is 0 Å². The highest BCUT2D eigenvalue weighted by Gasteiger charge is 2.04. The second-order valence-corrected chi connectivity index (χ2v) is 5.85. The van der Waals surface area contributed by atoms with E-state index >= 15 is 0 Å². The van der Waals surface area contributed by atoms with Crippen molar-refractivity contribution in [1.82, 2.24) is 10.3 Å². The molecule has 1 N–H and O–H groups in total. The van der Waals surface area contributed by atoms with E-state index in [1.165, 1.54) is 10.4 Å². The molecule has 90 valence electrons. The maximum atomic E-state index is 4.46. The summed E-state index contributed by atoms with van der Waals surface area (Å²) < 4.78 is 1.09. The van der Waals surface area contributed by atoms with E-state index in [9.17, 15) is 0 Å². The van der Waals surface area contributed by atoms with Gasteiger partial charge in [0.05, 0.1) is 0 Å². The van der Waals surface area contributed by atoms with E-state index in [-0.39, 0.29) is 0 Å². The molecule has 0 saturated carbocycles. The highest BCUT2D eigenvalue weighted by molar-refractivity contribution is 9.10. The van der Waals surface area contributed by atoms with E-state index in [4.69, 9.17) is 0 Å². The van der Waals surface area contributed by atoms with Crippen molar-refractivity contribution in [2.75, 3.05) is 6.54 Å². The molecule has 2 nitrogen and oxygen atoms in total. The minimum atomic E-state index is 0.916. The van der Waals surface area contributed by atoms with Gasteiger partial charge in [-0.3, -0.25) is 0 Å². The van der Waals surface area contributed by atoms with Gasteiger partial charge < -0.3 is 5.32 Å². The lowest BCUT2D eigenvalue weighted by Gasteiger charge is -1.98. The standard InChI is InChI=1S/C13H15BrN2S/c1-2-6-15-8-12-9-16-13(17-12)10-4-3-5-11(14)7-10/h3-5,7,9,15H,2,6,8H2,1H3. The maximum Gasteiger partial charge on any atom is 0.123 e. The molecule has 1 aromatic carbocycles. The summed E-state index contributed by atoms with van der Waals surface area (Å²) >= 11 is 5.23. The Morgan fingerprint density at radius 3 is 3.06 bits per heavy atom. The van der Waals surface area contributed by atoms with E-state index in [2.05, 4.69) is 45.3 Å². The van der Waals surface area contributed by atoms with Gasteiger partial charge in [0, 0.05) is 27.7 Å². The summed E-state index contributed by atoms with van der Waals surface area (Å²) in [5, 5.41) is 4.47. The summed E-state index contributed by atoms with van der Waals surface area (Å²) in [6.45, 7) is 4.15. The van der Waals surface area contributed by atoms with Crippen LogP contribution in [0.2, 0.25) is 0 Å². The van der Waals surface area contributed by atoms with E-state index in [0.29, 0.717) is 0 Å². The number of nitrogens with zero attached hydrogens (tertiary/aromatic N) is 1. The Balaban J connectivity index is 2.07. The number of halogens is 1. The van der Waals surface area contributed by atoms with Crippen LogP contribution in [0, 0.1) is 0 Å². The highest BCUT2D eigenvalue weighted by Crippen LogP contribution is 2.27. The molecule has 1 heterocycles. The van der Waals surface area contributed by atoms with Gasteiger partial charge in [-0.15, -0.1) is 11.3 Å². The van der Waals surface area contributed by atoms with Gasteiger partial charge in [0.15, 0.2) is 0 Å². The first-order valence-electron chi connectivity index (χ1n) is 5.71. The first-order valence-corrected chi connectivity index (χ1v) is 7.32. The number of rotatable bonds is 5. The number of nitrogens with one attached hydrogen (secondary N) is 1. The van der Waals surface area contributed by atoms with Crippen molar-refractivity contribution in [2.24, 2.45) is 0 Å². The van der Waals surface area contributed by atoms with Crippen molar-refractivity contribution in [3.8, 4) is 10.6 Å². The Bertz CT molecular complexity index is 482. The lowest BCUT2D eigenvalue weighted by atomic mass is 10.2. The van der Waals surface area contributed by atoms with E-state index in [1.807, 2.05) is 18.3 Å². The molecule has 0 atom stereocenters. The smallest absolute Gasteiger partial charge is 0.123 e. The van der Waals surface area contributed by atoms with Crippen LogP contribution in [-0.4, -0.2) is 11.5 Å². The Hall–Kier alpha value is -0.710. The van der Waals surface area contributed by atoms with E-state index < -0.39 is 0 Å². The van der Waals surface area contributed by atoms with Crippen molar-refractivity contribution in [3.05, 3.63) is 39.8 Å². The van der Waals surface area contributed by atoms with Crippen molar-refractivity contribution < 1.29 is 0 Å². The lowest BCUT2D eigenvalue weighted by Crippen LogP contribution is -2.12. The molecule has 0 amide bonds. The fourth-order valence-corrected chi connectivity index (χ4v) is 2.81. The zero-order chi connectivity index (χ0) is 12.1. The van der Waals surface area contributed by atoms with Gasteiger partial charge in [-0.25, -0.2) is 4.98 Å². The molecule has 0 saturated heterocycles. The minimum Gasteiger partial charge on any atom is -0.312 e. The van der Waals surface area contributed by atoms with Crippen LogP contribution in [0.3, 0.4) is 0 Å². The SMILES string of the molecule is CCCNCc1cnc(-c2cccc(Br)c2)s1. The normalized spacial score (nSPS) is 10.7. The maximum absolute atomic E-state index is 4.46. The molecule has 0 radical (unpaired) electrons. The molecule has 1 aromatic heterocycles. The molecule has 4 heteroatoms. The number of aromatic nitrogens is 1. The summed E-state index contributed by atoms with van der Waals surface area (Å²) in [5.74, 6) is 0. The predicted molar refractivity (Wildman–Crippen MR) is 77.2 cm³/mol. The quantitative estimate of drug-likeness (QED) is 0.842. The van der Waals surface area contributed by atoms with Gasteiger partial charge in [0.25, 0.3) is 0 Å². The summed E-state index contributed by atoms with van der Waals surface area (Å²) in [7, 11) is 0. The monoisotopic (exact) mass is 310 g/mol. The van der Waals surface area contributed by atoms with Crippen molar-refractivity contribution in [1.29, 1.82) is 0 Å². The van der Waals surface area contributed by atoms with Crippen molar-refractivity contribution >= 4 is 27.3 Å². The molecule has 0 aliphatic rings. The van der Waals surface area contributed by atoms with E-state index in [0.717, 1.165) is 29.0 Å². The Kier molecular flexibility index (Phi) is 4.71. The molecular formula is C13H15BrN2S. The Morgan fingerprint density at radius 1 is 1.41 bits per heavy atom. The Morgan fingerprint density at radius 2 is 2.29 bits per heavy atom. The average Bonchev–Trinajstić information content (AvgIpc) is 2.78. The van der Waals surface area contributed by atoms with E-state index in [1.54, 1.807) is 11.3 Å². The van der Waals surface area contributed by atoms with Crippen molar-refractivity contribution in [2.45, 2.75) is 19.9 Å². The fraction of sp³-hybridized carbons (Fsp3) is 0.308. The van der Waals surface area contributed by atoms with Crippen LogP contribution in [-0.2, 0) is 6.54 Å².